The first-order valence-corrected chi connectivity index (χ1v) is 13.1. The van der Waals surface area contributed by atoms with Gasteiger partial charge in [0.25, 0.3) is 0 Å². The van der Waals surface area contributed by atoms with Gasteiger partial charge in [0.15, 0.2) is 14.9 Å². The van der Waals surface area contributed by atoms with Gasteiger partial charge < -0.3 is 5.32 Å². The Morgan fingerprint density at radius 3 is 2.65 bits per heavy atom. The second-order valence-electron chi connectivity index (χ2n) is 9.15. The zero-order chi connectivity index (χ0) is 24.3. The van der Waals surface area contributed by atoms with Crippen LogP contribution in [-0.2, 0) is 21.8 Å². The van der Waals surface area contributed by atoms with E-state index in [1.807, 2.05) is 6.92 Å². The predicted molar refractivity (Wildman–Crippen MR) is 125 cm³/mol. The molecule has 5 rings (SSSR count). The van der Waals surface area contributed by atoms with Crippen LogP contribution in [0.1, 0.15) is 37.9 Å². The molecule has 0 radical (unpaired) electrons. The van der Waals surface area contributed by atoms with Crippen molar-refractivity contribution in [3.8, 4) is 5.69 Å². The number of nitrogens with one attached hydrogen (secondary N) is 1. The maximum atomic E-state index is 13.6. The highest BCUT2D eigenvalue weighted by molar-refractivity contribution is 7.90. The third-order valence-corrected chi connectivity index (χ3v) is 7.87. The SMILES string of the molecule is CC[C@@H]1CC1(NC(=O)N1c2cnn(-c3ccc(F)cc3)c2CC1C)c1ccnc(S(C)(=O)=O)c1. The number of aromatic nitrogens is 3. The summed E-state index contributed by atoms with van der Waals surface area (Å²) in [5.74, 6) is -0.122. The van der Waals surface area contributed by atoms with Gasteiger partial charge in [-0.05, 0) is 61.2 Å². The van der Waals surface area contributed by atoms with Crippen LogP contribution in [0.2, 0.25) is 0 Å². The lowest BCUT2D eigenvalue weighted by atomic mass is 10.0. The topological polar surface area (TPSA) is 97.2 Å². The fourth-order valence-electron chi connectivity index (χ4n) is 5.02. The van der Waals surface area contributed by atoms with E-state index in [1.165, 1.54) is 18.3 Å². The summed E-state index contributed by atoms with van der Waals surface area (Å²) in [5.41, 5.74) is 2.44. The molecule has 2 unspecified atom stereocenters. The molecular formula is C24H26FN5O3S. The van der Waals surface area contributed by atoms with Crippen molar-refractivity contribution >= 4 is 21.6 Å². The van der Waals surface area contributed by atoms with Gasteiger partial charge in [0.2, 0.25) is 0 Å². The fraction of sp³-hybridized carbons (Fsp3) is 0.375. The molecule has 0 saturated heterocycles. The number of hydrogen-bond acceptors (Lipinski definition) is 5. The van der Waals surface area contributed by atoms with Crippen molar-refractivity contribution in [2.75, 3.05) is 11.2 Å². The highest BCUT2D eigenvalue weighted by Crippen LogP contribution is 2.54. The molecule has 1 saturated carbocycles. The van der Waals surface area contributed by atoms with Crippen LogP contribution in [0.5, 0.6) is 0 Å². The van der Waals surface area contributed by atoms with Gasteiger partial charge in [-0.2, -0.15) is 5.10 Å². The summed E-state index contributed by atoms with van der Waals surface area (Å²) in [7, 11) is -3.47. The number of urea groups is 1. The van der Waals surface area contributed by atoms with Gasteiger partial charge >= 0.3 is 6.03 Å². The molecule has 1 N–H and O–H groups in total. The van der Waals surface area contributed by atoms with Crippen LogP contribution >= 0.6 is 0 Å². The summed E-state index contributed by atoms with van der Waals surface area (Å²) >= 11 is 0. The normalized spacial score (nSPS) is 23.6. The molecule has 8 nitrogen and oxygen atoms in total. The van der Waals surface area contributed by atoms with Crippen LogP contribution in [0.4, 0.5) is 14.9 Å². The van der Waals surface area contributed by atoms with Crippen LogP contribution in [-0.4, -0.2) is 41.5 Å². The van der Waals surface area contributed by atoms with E-state index in [2.05, 4.69) is 22.3 Å². The number of rotatable bonds is 5. The number of sulfone groups is 1. The Morgan fingerprint density at radius 2 is 2.00 bits per heavy atom. The van der Waals surface area contributed by atoms with Gasteiger partial charge in [-0.1, -0.05) is 13.3 Å². The van der Waals surface area contributed by atoms with Crippen molar-refractivity contribution in [2.45, 2.75) is 49.7 Å². The highest BCUT2D eigenvalue weighted by atomic mass is 32.2. The van der Waals surface area contributed by atoms with Gasteiger partial charge in [-0.3, -0.25) is 4.90 Å². The van der Waals surface area contributed by atoms with E-state index in [0.717, 1.165) is 36.0 Å². The van der Waals surface area contributed by atoms with Gasteiger partial charge in [0.1, 0.15) is 5.82 Å². The number of nitrogens with zero attached hydrogens (tertiary/aromatic N) is 4. The molecule has 2 aromatic heterocycles. The number of benzene rings is 1. The van der Waals surface area contributed by atoms with Crippen molar-refractivity contribution in [1.82, 2.24) is 20.1 Å². The second-order valence-corrected chi connectivity index (χ2v) is 11.1. The molecule has 34 heavy (non-hydrogen) atoms. The molecule has 0 bridgehead atoms. The largest absolute Gasteiger partial charge is 0.328 e. The van der Waals surface area contributed by atoms with Gasteiger partial charge in [-0.15, -0.1) is 0 Å². The second kappa shape index (κ2) is 7.90. The smallest absolute Gasteiger partial charge is 0.322 e. The van der Waals surface area contributed by atoms with E-state index in [9.17, 15) is 17.6 Å². The first-order chi connectivity index (χ1) is 16.1. The van der Waals surface area contributed by atoms with Crippen molar-refractivity contribution in [1.29, 1.82) is 0 Å². The minimum Gasteiger partial charge on any atom is -0.328 e. The van der Waals surface area contributed by atoms with Crippen molar-refractivity contribution in [2.24, 2.45) is 5.92 Å². The molecule has 1 aliphatic heterocycles. The summed E-state index contributed by atoms with van der Waals surface area (Å²) in [6.45, 7) is 4.03. The Labute approximate surface area is 197 Å². The van der Waals surface area contributed by atoms with Crippen molar-refractivity contribution in [3.05, 3.63) is 65.9 Å². The van der Waals surface area contributed by atoms with E-state index < -0.39 is 15.4 Å². The minimum atomic E-state index is -3.47. The van der Waals surface area contributed by atoms with Crippen LogP contribution < -0.4 is 10.2 Å². The summed E-state index contributed by atoms with van der Waals surface area (Å²) in [6.07, 6.45) is 6.45. The van der Waals surface area contributed by atoms with Gasteiger partial charge in [-0.25, -0.2) is 27.3 Å². The quantitative estimate of drug-likeness (QED) is 0.598. The Morgan fingerprint density at radius 1 is 1.26 bits per heavy atom. The van der Waals surface area contributed by atoms with Gasteiger partial charge in [0, 0.05) is 24.9 Å². The van der Waals surface area contributed by atoms with E-state index in [4.69, 9.17) is 0 Å². The molecule has 3 atom stereocenters. The Kier molecular flexibility index (Phi) is 5.23. The summed E-state index contributed by atoms with van der Waals surface area (Å²) in [5, 5.41) is 7.65. The number of fused-ring (bicyclic) bond motifs is 1. The Hall–Kier alpha value is -3.27. The Bertz CT molecular complexity index is 1370. The van der Waals surface area contributed by atoms with Crippen LogP contribution in [0.25, 0.3) is 5.69 Å². The number of carbonyl (C=O) groups is 1. The van der Waals surface area contributed by atoms with Crippen molar-refractivity contribution in [3.63, 3.8) is 0 Å². The molecule has 3 heterocycles. The zero-order valence-corrected chi connectivity index (χ0v) is 20.0. The number of pyridine rings is 1. The molecule has 1 aromatic carbocycles. The van der Waals surface area contributed by atoms with E-state index in [0.29, 0.717) is 12.1 Å². The molecule has 1 aliphatic carbocycles. The molecule has 2 amide bonds. The molecule has 0 spiro atoms. The average Bonchev–Trinajstić information content (AvgIpc) is 3.21. The van der Waals surface area contributed by atoms with E-state index >= 15 is 0 Å². The lowest BCUT2D eigenvalue weighted by Crippen LogP contribution is -2.48. The number of amides is 2. The fourth-order valence-corrected chi connectivity index (χ4v) is 5.62. The number of carbonyl (C=O) groups excluding carboxylic acids is 1. The Balaban J connectivity index is 1.45. The first-order valence-electron chi connectivity index (χ1n) is 11.2. The lowest BCUT2D eigenvalue weighted by molar-refractivity contribution is 0.238. The third-order valence-electron chi connectivity index (χ3n) is 6.88. The monoisotopic (exact) mass is 483 g/mol. The van der Waals surface area contributed by atoms with E-state index in [-0.39, 0.29) is 28.8 Å². The van der Waals surface area contributed by atoms with Crippen LogP contribution in [0.15, 0.2) is 53.8 Å². The maximum Gasteiger partial charge on any atom is 0.322 e. The standard InChI is InChI=1S/C24H26FN5O3S/c1-4-16-13-24(16,17-9-10-26-22(12-17)34(3,32)33)28-23(31)29-15(2)11-20-21(29)14-27-30(20)19-7-5-18(25)6-8-19/h5-10,12,14-16H,4,11,13H2,1-3H3,(H,28,31)/t15?,16-,24?/m1/s1. The molecule has 2 aliphatic rings. The predicted octanol–water partition coefficient (Wildman–Crippen LogP) is 3.60. The third kappa shape index (κ3) is 3.66. The summed E-state index contributed by atoms with van der Waals surface area (Å²) in [6, 6.07) is 9.07. The summed E-state index contributed by atoms with van der Waals surface area (Å²) < 4.78 is 39.2. The number of anilines is 1. The number of hydrogen-bond donors (Lipinski definition) is 1. The molecule has 3 aromatic rings. The van der Waals surface area contributed by atoms with E-state index in [1.54, 1.807) is 40.0 Å². The first kappa shape index (κ1) is 22.5. The van der Waals surface area contributed by atoms with Crippen LogP contribution in [0.3, 0.4) is 0 Å². The average molecular weight is 484 g/mol. The van der Waals surface area contributed by atoms with Crippen molar-refractivity contribution < 1.29 is 17.6 Å². The van der Waals surface area contributed by atoms with Gasteiger partial charge in [0.05, 0.1) is 28.8 Å². The molecule has 10 heteroatoms. The molecular weight excluding hydrogens is 457 g/mol. The minimum absolute atomic E-state index is 0.00206. The summed E-state index contributed by atoms with van der Waals surface area (Å²) in [4.78, 5) is 19.3. The molecule has 178 valence electrons. The highest BCUT2D eigenvalue weighted by Gasteiger charge is 2.56. The van der Waals surface area contributed by atoms with Crippen LogP contribution in [0, 0.1) is 11.7 Å². The zero-order valence-electron chi connectivity index (χ0n) is 19.2. The number of halogens is 1. The maximum absolute atomic E-state index is 13.6. The molecule has 1 fully saturated rings. The lowest BCUT2D eigenvalue weighted by Gasteiger charge is -2.27.